The molecule has 0 unspecified atom stereocenters. The third-order valence-corrected chi connectivity index (χ3v) is 4.75. The SMILES string of the molecule is Cc1nc2c(c(=O)[nH]1)CN(Cc1cn(-c3ccc(F)cc3)nc1C)CC2. The fraction of sp³-hybridized carbons (Fsp3) is 0.316. The molecule has 0 spiro atoms. The Kier molecular flexibility index (Phi) is 4.16. The average Bonchev–Trinajstić information content (AvgIpc) is 2.97. The van der Waals surface area contributed by atoms with E-state index < -0.39 is 0 Å². The largest absolute Gasteiger partial charge is 0.310 e. The van der Waals surface area contributed by atoms with Gasteiger partial charge in [-0.25, -0.2) is 14.1 Å². The van der Waals surface area contributed by atoms with Crippen LogP contribution >= 0.6 is 0 Å². The minimum Gasteiger partial charge on any atom is -0.310 e. The third-order valence-electron chi connectivity index (χ3n) is 4.75. The molecule has 0 bridgehead atoms. The van der Waals surface area contributed by atoms with Crippen molar-refractivity contribution in [1.82, 2.24) is 24.6 Å². The van der Waals surface area contributed by atoms with Crippen LogP contribution < -0.4 is 5.56 Å². The second kappa shape index (κ2) is 6.49. The van der Waals surface area contributed by atoms with Gasteiger partial charge in [0.1, 0.15) is 11.6 Å². The van der Waals surface area contributed by atoms with E-state index in [9.17, 15) is 9.18 Å². The maximum Gasteiger partial charge on any atom is 0.255 e. The number of aromatic nitrogens is 4. The first-order valence-corrected chi connectivity index (χ1v) is 8.62. The van der Waals surface area contributed by atoms with Crippen LogP contribution in [0.3, 0.4) is 0 Å². The third kappa shape index (κ3) is 3.17. The van der Waals surface area contributed by atoms with Gasteiger partial charge >= 0.3 is 0 Å². The Balaban J connectivity index is 1.55. The zero-order valence-electron chi connectivity index (χ0n) is 14.8. The molecule has 3 aromatic rings. The van der Waals surface area contributed by atoms with Crippen LogP contribution in [0.5, 0.6) is 0 Å². The highest BCUT2D eigenvalue weighted by molar-refractivity contribution is 5.33. The Morgan fingerprint density at radius 2 is 2.00 bits per heavy atom. The Hall–Kier alpha value is -2.80. The van der Waals surface area contributed by atoms with E-state index in [1.807, 2.05) is 13.1 Å². The molecule has 1 aliphatic rings. The van der Waals surface area contributed by atoms with E-state index >= 15 is 0 Å². The molecule has 0 amide bonds. The zero-order chi connectivity index (χ0) is 18.3. The number of nitrogens with zero attached hydrogens (tertiary/aromatic N) is 4. The maximum atomic E-state index is 13.1. The first kappa shape index (κ1) is 16.7. The highest BCUT2D eigenvalue weighted by Crippen LogP contribution is 2.19. The van der Waals surface area contributed by atoms with Gasteiger partial charge in [-0.05, 0) is 38.1 Å². The molecule has 3 heterocycles. The van der Waals surface area contributed by atoms with Crippen LogP contribution in [0.15, 0.2) is 35.3 Å². The number of benzene rings is 1. The summed E-state index contributed by atoms with van der Waals surface area (Å²) in [6, 6.07) is 6.26. The molecule has 4 rings (SSSR count). The fourth-order valence-electron chi connectivity index (χ4n) is 3.36. The molecule has 6 nitrogen and oxygen atoms in total. The van der Waals surface area contributed by atoms with Crippen molar-refractivity contribution in [3.05, 3.63) is 75.0 Å². The van der Waals surface area contributed by atoms with E-state index in [0.29, 0.717) is 18.9 Å². The summed E-state index contributed by atoms with van der Waals surface area (Å²) < 4.78 is 14.9. The minimum atomic E-state index is -0.265. The van der Waals surface area contributed by atoms with E-state index in [1.54, 1.807) is 23.7 Å². The number of rotatable bonds is 3. The lowest BCUT2D eigenvalue weighted by Crippen LogP contribution is -2.35. The first-order valence-electron chi connectivity index (χ1n) is 8.62. The van der Waals surface area contributed by atoms with Crippen molar-refractivity contribution >= 4 is 0 Å². The molecule has 0 saturated heterocycles. The Morgan fingerprint density at radius 3 is 2.77 bits per heavy atom. The summed E-state index contributed by atoms with van der Waals surface area (Å²) in [4.78, 5) is 21.7. The van der Waals surface area contributed by atoms with Gasteiger partial charge in [0, 0.05) is 37.8 Å². The summed E-state index contributed by atoms with van der Waals surface area (Å²) in [5, 5.41) is 4.54. The van der Waals surface area contributed by atoms with Crippen LogP contribution in [0.2, 0.25) is 0 Å². The summed E-state index contributed by atoms with van der Waals surface area (Å²) in [5.41, 5.74) is 4.45. The molecule has 26 heavy (non-hydrogen) atoms. The Bertz CT molecular complexity index is 1010. The van der Waals surface area contributed by atoms with E-state index in [2.05, 4.69) is 20.0 Å². The van der Waals surface area contributed by atoms with E-state index in [-0.39, 0.29) is 11.4 Å². The Labute approximate surface area is 150 Å². The van der Waals surface area contributed by atoms with Gasteiger partial charge in [0.05, 0.1) is 22.6 Å². The molecule has 2 aromatic heterocycles. The molecule has 134 valence electrons. The van der Waals surface area contributed by atoms with Gasteiger partial charge in [0.2, 0.25) is 0 Å². The zero-order valence-corrected chi connectivity index (χ0v) is 14.8. The van der Waals surface area contributed by atoms with Crippen molar-refractivity contribution in [3.63, 3.8) is 0 Å². The van der Waals surface area contributed by atoms with Gasteiger partial charge in [-0.15, -0.1) is 0 Å². The second-order valence-corrected chi connectivity index (χ2v) is 6.70. The average molecular weight is 353 g/mol. The van der Waals surface area contributed by atoms with Crippen LogP contribution in [0.1, 0.15) is 28.3 Å². The first-order chi connectivity index (χ1) is 12.5. The standard InChI is InChI=1S/C19H20FN5O/c1-12-14(10-25(23-12)16-5-3-15(20)4-6-16)9-24-8-7-18-17(11-24)19(26)22-13(2)21-18/h3-6,10H,7-9,11H2,1-2H3,(H,21,22,26). The number of aryl methyl sites for hydroxylation is 2. The molecule has 0 radical (unpaired) electrons. The van der Waals surface area contributed by atoms with Crippen LogP contribution in [0, 0.1) is 19.7 Å². The van der Waals surface area contributed by atoms with E-state index in [0.717, 1.165) is 41.2 Å². The summed E-state index contributed by atoms with van der Waals surface area (Å²) >= 11 is 0. The van der Waals surface area contributed by atoms with Crippen molar-refractivity contribution in [2.45, 2.75) is 33.4 Å². The van der Waals surface area contributed by atoms with Crippen LogP contribution in [-0.4, -0.2) is 31.2 Å². The number of hydrogen-bond acceptors (Lipinski definition) is 4. The van der Waals surface area contributed by atoms with Crippen molar-refractivity contribution in [1.29, 1.82) is 0 Å². The second-order valence-electron chi connectivity index (χ2n) is 6.70. The Morgan fingerprint density at radius 1 is 1.23 bits per heavy atom. The number of fused-ring (bicyclic) bond motifs is 1. The van der Waals surface area contributed by atoms with Gasteiger partial charge in [-0.3, -0.25) is 9.69 Å². The highest BCUT2D eigenvalue weighted by atomic mass is 19.1. The van der Waals surface area contributed by atoms with Crippen molar-refractivity contribution < 1.29 is 4.39 Å². The number of H-pyrrole nitrogens is 1. The molecule has 0 aliphatic carbocycles. The summed E-state index contributed by atoms with van der Waals surface area (Å²) in [6.45, 7) is 5.91. The molecule has 1 aliphatic heterocycles. The lowest BCUT2D eigenvalue weighted by atomic mass is 10.1. The molecule has 0 fully saturated rings. The van der Waals surface area contributed by atoms with E-state index in [1.165, 1.54) is 12.1 Å². The molecule has 1 N–H and O–H groups in total. The number of nitrogens with one attached hydrogen (secondary N) is 1. The van der Waals surface area contributed by atoms with Gasteiger partial charge in [0.25, 0.3) is 5.56 Å². The number of halogens is 1. The lowest BCUT2D eigenvalue weighted by molar-refractivity contribution is 0.241. The van der Waals surface area contributed by atoms with Gasteiger partial charge < -0.3 is 4.98 Å². The van der Waals surface area contributed by atoms with Crippen LogP contribution in [0.4, 0.5) is 4.39 Å². The summed E-state index contributed by atoms with van der Waals surface area (Å²) in [7, 11) is 0. The van der Waals surface area contributed by atoms with Gasteiger partial charge in [-0.1, -0.05) is 0 Å². The maximum absolute atomic E-state index is 13.1. The molecule has 0 atom stereocenters. The fourth-order valence-corrected chi connectivity index (χ4v) is 3.36. The monoisotopic (exact) mass is 353 g/mol. The van der Waals surface area contributed by atoms with Crippen LogP contribution in [-0.2, 0) is 19.5 Å². The predicted octanol–water partition coefficient (Wildman–Crippen LogP) is 2.27. The summed E-state index contributed by atoms with van der Waals surface area (Å²) in [5.74, 6) is 0.400. The topological polar surface area (TPSA) is 66.8 Å². The highest BCUT2D eigenvalue weighted by Gasteiger charge is 2.21. The van der Waals surface area contributed by atoms with Gasteiger partial charge in [0.15, 0.2) is 0 Å². The van der Waals surface area contributed by atoms with Crippen LogP contribution in [0.25, 0.3) is 5.69 Å². The molecular formula is C19H20FN5O. The number of hydrogen-bond donors (Lipinski definition) is 1. The molecular weight excluding hydrogens is 333 g/mol. The number of aromatic amines is 1. The molecule has 0 saturated carbocycles. The molecule has 1 aromatic carbocycles. The smallest absolute Gasteiger partial charge is 0.255 e. The minimum absolute atomic E-state index is 0.0454. The van der Waals surface area contributed by atoms with E-state index in [4.69, 9.17) is 0 Å². The quantitative estimate of drug-likeness (QED) is 0.784. The normalized spacial score (nSPS) is 14.4. The summed E-state index contributed by atoms with van der Waals surface area (Å²) in [6.07, 6.45) is 2.74. The van der Waals surface area contributed by atoms with Gasteiger partial charge in [-0.2, -0.15) is 5.10 Å². The lowest BCUT2D eigenvalue weighted by Gasteiger charge is -2.27. The van der Waals surface area contributed by atoms with Crippen molar-refractivity contribution in [2.24, 2.45) is 0 Å². The molecule has 7 heteroatoms. The van der Waals surface area contributed by atoms with Crippen molar-refractivity contribution in [3.8, 4) is 5.69 Å². The van der Waals surface area contributed by atoms with Crippen molar-refractivity contribution in [2.75, 3.05) is 6.54 Å². The predicted molar refractivity (Wildman–Crippen MR) is 95.7 cm³/mol.